The molecule has 1 aliphatic rings. The van der Waals surface area contributed by atoms with E-state index in [9.17, 15) is 14.4 Å². The van der Waals surface area contributed by atoms with Gasteiger partial charge in [0.2, 0.25) is 11.8 Å². The molecule has 154 valence electrons. The van der Waals surface area contributed by atoms with Gasteiger partial charge >= 0.3 is 11.9 Å². The van der Waals surface area contributed by atoms with Crippen LogP contribution in [0.1, 0.15) is 25.0 Å². The molecule has 0 aliphatic carbocycles. The van der Waals surface area contributed by atoms with Gasteiger partial charge in [0.15, 0.2) is 12.3 Å². The summed E-state index contributed by atoms with van der Waals surface area (Å²) in [6.45, 7) is 3.22. The monoisotopic (exact) mass is 408 g/mol. The van der Waals surface area contributed by atoms with E-state index in [2.05, 4.69) is 10.3 Å². The van der Waals surface area contributed by atoms with E-state index in [0.29, 0.717) is 22.6 Å². The lowest BCUT2D eigenvalue weighted by Crippen LogP contribution is -2.14. The molecule has 1 heterocycles. The topological polar surface area (TPSA) is 103 Å². The molecule has 2 aromatic rings. The molecule has 3 rings (SSSR count). The Balaban J connectivity index is 1.73. The normalized spacial score (nSPS) is 14.1. The van der Waals surface area contributed by atoms with Crippen LogP contribution in [0, 0.1) is 0 Å². The number of cyclic esters (lactones) is 1. The summed E-state index contributed by atoms with van der Waals surface area (Å²) in [6, 6.07) is 13.7. The maximum atomic E-state index is 12.2. The SMILES string of the molecule is CCOC(=O)COc1cccc(/C=C2\N=C(c3ccc(NC(C)=O)cc3)OC2=O)c1. The van der Waals surface area contributed by atoms with Crippen LogP contribution in [-0.2, 0) is 23.9 Å². The van der Waals surface area contributed by atoms with Crippen LogP contribution in [0.25, 0.3) is 6.08 Å². The van der Waals surface area contributed by atoms with Crippen LogP contribution in [0.5, 0.6) is 5.75 Å². The van der Waals surface area contributed by atoms with Crippen molar-refractivity contribution < 1.29 is 28.6 Å². The smallest absolute Gasteiger partial charge is 0.363 e. The minimum atomic E-state index is -0.575. The number of hydrogen-bond acceptors (Lipinski definition) is 7. The van der Waals surface area contributed by atoms with E-state index in [-0.39, 0.29) is 30.7 Å². The van der Waals surface area contributed by atoms with Gasteiger partial charge in [0.1, 0.15) is 5.75 Å². The van der Waals surface area contributed by atoms with Gasteiger partial charge in [-0.3, -0.25) is 4.79 Å². The third-order valence-electron chi connectivity index (χ3n) is 3.90. The van der Waals surface area contributed by atoms with Crippen molar-refractivity contribution >= 4 is 35.5 Å². The fourth-order valence-corrected chi connectivity index (χ4v) is 2.63. The second-order valence-corrected chi connectivity index (χ2v) is 6.26. The number of aliphatic imine (C=N–C) groups is 1. The van der Waals surface area contributed by atoms with Crippen molar-refractivity contribution in [2.24, 2.45) is 4.99 Å². The number of carbonyl (C=O) groups is 3. The summed E-state index contributed by atoms with van der Waals surface area (Å²) in [5.41, 5.74) is 2.03. The van der Waals surface area contributed by atoms with Crippen molar-refractivity contribution in [2.45, 2.75) is 13.8 Å². The van der Waals surface area contributed by atoms with E-state index in [1.54, 1.807) is 61.5 Å². The van der Waals surface area contributed by atoms with Crippen LogP contribution in [-0.4, -0.2) is 37.0 Å². The van der Waals surface area contributed by atoms with Crippen molar-refractivity contribution in [3.05, 3.63) is 65.4 Å². The van der Waals surface area contributed by atoms with E-state index < -0.39 is 11.9 Å². The van der Waals surface area contributed by atoms with Crippen LogP contribution in [0.15, 0.2) is 59.2 Å². The van der Waals surface area contributed by atoms with Crippen LogP contribution in [0.2, 0.25) is 0 Å². The average molecular weight is 408 g/mol. The third-order valence-corrected chi connectivity index (χ3v) is 3.90. The third kappa shape index (κ3) is 5.54. The highest BCUT2D eigenvalue weighted by molar-refractivity contribution is 6.13. The zero-order valence-corrected chi connectivity index (χ0v) is 16.5. The van der Waals surface area contributed by atoms with Crippen LogP contribution < -0.4 is 10.1 Å². The summed E-state index contributed by atoms with van der Waals surface area (Å²) in [4.78, 5) is 39.0. The maximum Gasteiger partial charge on any atom is 0.363 e. The van der Waals surface area contributed by atoms with Gasteiger partial charge in [-0.1, -0.05) is 12.1 Å². The van der Waals surface area contributed by atoms with E-state index in [1.807, 2.05) is 0 Å². The molecule has 30 heavy (non-hydrogen) atoms. The average Bonchev–Trinajstić information content (AvgIpc) is 3.07. The minimum Gasteiger partial charge on any atom is -0.482 e. The molecule has 8 heteroatoms. The Labute approximate surface area is 173 Å². The van der Waals surface area contributed by atoms with Crippen LogP contribution in [0.4, 0.5) is 5.69 Å². The summed E-state index contributed by atoms with van der Waals surface area (Å²) >= 11 is 0. The van der Waals surface area contributed by atoms with Crippen molar-refractivity contribution in [1.29, 1.82) is 0 Å². The largest absolute Gasteiger partial charge is 0.482 e. The number of nitrogens with zero attached hydrogens (tertiary/aromatic N) is 1. The quantitative estimate of drug-likeness (QED) is 0.558. The van der Waals surface area contributed by atoms with Gasteiger partial charge < -0.3 is 19.5 Å². The Morgan fingerprint density at radius 1 is 1.17 bits per heavy atom. The maximum absolute atomic E-state index is 12.2. The molecule has 2 aromatic carbocycles. The first-order chi connectivity index (χ1) is 14.4. The molecule has 8 nitrogen and oxygen atoms in total. The van der Waals surface area contributed by atoms with Crippen LogP contribution >= 0.6 is 0 Å². The summed E-state index contributed by atoms with van der Waals surface area (Å²) in [7, 11) is 0. The molecule has 0 bridgehead atoms. The molecule has 0 atom stereocenters. The molecule has 0 spiro atoms. The Morgan fingerprint density at radius 3 is 2.63 bits per heavy atom. The fourth-order valence-electron chi connectivity index (χ4n) is 2.63. The molecule has 0 radical (unpaired) electrons. The number of esters is 2. The zero-order chi connectivity index (χ0) is 21.5. The Hall–Kier alpha value is -3.94. The number of rotatable bonds is 7. The predicted molar refractivity (Wildman–Crippen MR) is 110 cm³/mol. The van der Waals surface area contributed by atoms with Gasteiger partial charge in [-0.15, -0.1) is 0 Å². The molecule has 0 saturated carbocycles. The van der Waals surface area contributed by atoms with E-state index in [1.165, 1.54) is 6.92 Å². The van der Waals surface area contributed by atoms with Crippen molar-refractivity contribution in [1.82, 2.24) is 0 Å². The van der Waals surface area contributed by atoms with Crippen molar-refractivity contribution in [2.75, 3.05) is 18.5 Å². The first-order valence-corrected chi connectivity index (χ1v) is 9.23. The number of ether oxygens (including phenoxy) is 3. The lowest BCUT2D eigenvalue weighted by atomic mass is 10.2. The molecule has 0 unspecified atom stereocenters. The molecule has 1 N–H and O–H groups in total. The molecular weight excluding hydrogens is 388 g/mol. The lowest BCUT2D eigenvalue weighted by molar-refractivity contribution is -0.145. The van der Waals surface area contributed by atoms with Crippen LogP contribution in [0.3, 0.4) is 0 Å². The predicted octanol–water partition coefficient (Wildman–Crippen LogP) is 2.93. The van der Waals surface area contributed by atoms with E-state index in [0.717, 1.165) is 0 Å². The van der Waals surface area contributed by atoms with E-state index in [4.69, 9.17) is 14.2 Å². The Bertz CT molecular complexity index is 1020. The summed E-state index contributed by atoms with van der Waals surface area (Å²) < 4.78 is 15.5. The number of anilines is 1. The van der Waals surface area contributed by atoms with Crippen molar-refractivity contribution in [3.63, 3.8) is 0 Å². The minimum absolute atomic E-state index is 0.137. The molecule has 0 saturated heterocycles. The van der Waals surface area contributed by atoms with Gasteiger partial charge in [0.05, 0.1) is 6.61 Å². The second kappa shape index (κ2) is 9.51. The highest BCUT2D eigenvalue weighted by Gasteiger charge is 2.24. The number of hydrogen-bond donors (Lipinski definition) is 1. The van der Waals surface area contributed by atoms with E-state index >= 15 is 0 Å². The number of nitrogens with one attached hydrogen (secondary N) is 1. The van der Waals surface area contributed by atoms with Crippen molar-refractivity contribution in [3.8, 4) is 5.75 Å². The fraction of sp³-hybridized carbons (Fsp3) is 0.182. The Kier molecular flexibility index (Phi) is 6.59. The number of benzene rings is 2. The molecule has 1 aliphatic heterocycles. The standard InChI is InChI=1S/C22H20N2O6/c1-3-28-20(26)13-29-18-6-4-5-15(11-18)12-19-22(27)30-21(24-19)16-7-9-17(10-8-16)23-14(2)25/h4-12H,3,13H2,1-2H3,(H,23,25)/b19-12-. The summed E-state index contributed by atoms with van der Waals surface area (Å²) in [6.07, 6.45) is 1.57. The zero-order valence-electron chi connectivity index (χ0n) is 16.5. The highest BCUT2D eigenvalue weighted by Crippen LogP contribution is 2.22. The molecule has 0 aromatic heterocycles. The highest BCUT2D eigenvalue weighted by atomic mass is 16.6. The lowest BCUT2D eigenvalue weighted by Gasteiger charge is -2.06. The molecule has 1 amide bonds. The number of carbonyl (C=O) groups excluding carboxylic acids is 3. The van der Waals surface area contributed by atoms with Gasteiger partial charge in [-0.2, -0.15) is 0 Å². The van der Waals surface area contributed by atoms with Gasteiger partial charge in [-0.05, 0) is 55.0 Å². The van der Waals surface area contributed by atoms with Gasteiger partial charge in [0, 0.05) is 18.2 Å². The Morgan fingerprint density at radius 2 is 1.93 bits per heavy atom. The van der Waals surface area contributed by atoms with Gasteiger partial charge in [0.25, 0.3) is 0 Å². The summed E-state index contributed by atoms with van der Waals surface area (Å²) in [5, 5.41) is 2.66. The molecular formula is C22H20N2O6. The first kappa shape index (κ1) is 20.8. The number of amides is 1. The second-order valence-electron chi connectivity index (χ2n) is 6.26. The van der Waals surface area contributed by atoms with Gasteiger partial charge in [-0.25, -0.2) is 14.6 Å². The first-order valence-electron chi connectivity index (χ1n) is 9.23. The summed E-state index contributed by atoms with van der Waals surface area (Å²) in [5.74, 6) is -0.573. The molecule has 0 fully saturated rings.